The molecule has 4 heteroatoms. The van der Waals surface area contributed by atoms with Gasteiger partial charge in [0.1, 0.15) is 0 Å². The van der Waals surface area contributed by atoms with E-state index < -0.39 is 0 Å². The molecular formula is C59H42N4. The first-order chi connectivity index (χ1) is 31.2. The molecular weight excluding hydrogens is 765 g/mol. The number of fused-ring (bicyclic) bond motifs is 9. The summed E-state index contributed by atoms with van der Waals surface area (Å²) < 4.78 is 4.87. The Morgan fingerprint density at radius 3 is 1.78 bits per heavy atom. The summed E-state index contributed by atoms with van der Waals surface area (Å²) in [5.41, 5.74) is 18.7. The van der Waals surface area contributed by atoms with Gasteiger partial charge in [0.05, 0.1) is 34.0 Å². The van der Waals surface area contributed by atoms with Gasteiger partial charge >= 0.3 is 0 Å². The van der Waals surface area contributed by atoms with Crippen molar-refractivity contribution in [3.8, 4) is 45.0 Å². The molecule has 0 bridgehead atoms. The number of hydrogen-bond acceptors (Lipinski definition) is 2. The van der Waals surface area contributed by atoms with E-state index in [2.05, 4.69) is 232 Å². The van der Waals surface area contributed by atoms with Gasteiger partial charge in [0.25, 0.3) is 0 Å². The number of benzene rings is 7. The van der Waals surface area contributed by atoms with E-state index in [1.54, 1.807) is 0 Å². The summed E-state index contributed by atoms with van der Waals surface area (Å²) >= 11 is 0. The minimum Gasteiger partial charge on any atom is -0.333 e. The van der Waals surface area contributed by atoms with Gasteiger partial charge in [-0.05, 0) is 102 Å². The molecule has 0 saturated heterocycles. The Labute approximate surface area is 366 Å². The zero-order valence-corrected chi connectivity index (χ0v) is 34.6. The van der Waals surface area contributed by atoms with Crippen LogP contribution < -0.4 is 4.90 Å². The Kier molecular flexibility index (Phi) is 8.13. The fourth-order valence-electron chi connectivity index (χ4n) is 10.7. The Hall–Kier alpha value is -7.95. The maximum atomic E-state index is 5.55. The molecule has 3 aromatic heterocycles. The van der Waals surface area contributed by atoms with Crippen LogP contribution >= 0.6 is 0 Å². The Morgan fingerprint density at radius 2 is 1.03 bits per heavy atom. The van der Waals surface area contributed by atoms with Gasteiger partial charge in [-0.1, -0.05) is 146 Å². The highest BCUT2D eigenvalue weighted by Crippen LogP contribution is 2.48. The third kappa shape index (κ3) is 5.72. The van der Waals surface area contributed by atoms with Crippen LogP contribution in [-0.2, 0) is 6.42 Å². The highest BCUT2D eigenvalue weighted by Gasteiger charge is 2.37. The van der Waals surface area contributed by atoms with Gasteiger partial charge in [-0.25, -0.2) is 4.98 Å². The third-order valence-electron chi connectivity index (χ3n) is 13.5. The number of hydrogen-bond donors (Lipinski definition) is 0. The van der Waals surface area contributed by atoms with Gasteiger partial charge in [-0.3, -0.25) is 0 Å². The topological polar surface area (TPSA) is 26.0 Å². The molecule has 0 fully saturated rings. The summed E-state index contributed by atoms with van der Waals surface area (Å²) in [5.74, 6) is 0.316. The van der Waals surface area contributed by atoms with Crippen LogP contribution in [0.2, 0.25) is 0 Å². The van der Waals surface area contributed by atoms with Crippen molar-refractivity contribution in [2.45, 2.75) is 24.8 Å². The Balaban J connectivity index is 0.986. The van der Waals surface area contributed by atoms with Gasteiger partial charge in [-0.2, -0.15) is 0 Å². The smallest absolute Gasteiger partial charge is 0.0716 e. The first-order valence-electron chi connectivity index (χ1n) is 22.1. The largest absolute Gasteiger partial charge is 0.333 e. The molecule has 3 aliphatic rings. The average Bonchev–Trinajstić information content (AvgIpc) is 4.00. The van der Waals surface area contributed by atoms with Crippen molar-refractivity contribution in [2.24, 2.45) is 0 Å². The molecule has 0 radical (unpaired) electrons. The molecule has 4 heterocycles. The quantitative estimate of drug-likeness (QED) is 0.167. The molecule has 10 aromatic rings. The normalized spacial score (nSPS) is 16.2. The third-order valence-corrected chi connectivity index (χ3v) is 13.5. The van der Waals surface area contributed by atoms with E-state index in [1.807, 2.05) is 0 Å². The SMILES string of the molecule is C1=CC2c3ccccc3N(c3cccc(-c4cc(-c5cccc(-n6c7c(c8ccccc86)C=CCC7)c5)cc(-c5cccc(-n6c7ccccc7c7ccccc76)c5)n4)c3)C2C=C1. The van der Waals surface area contributed by atoms with E-state index in [0.29, 0.717) is 5.92 Å². The molecule has 4 nitrogen and oxygen atoms in total. The monoisotopic (exact) mass is 806 g/mol. The highest BCUT2D eigenvalue weighted by molar-refractivity contribution is 6.09. The molecule has 7 aromatic carbocycles. The van der Waals surface area contributed by atoms with Crippen LogP contribution in [0.3, 0.4) is 0 Å². The second-order valence-electron chi connectivity index (χ2n) is 17.0. The van der Waals surface area contributed by atoms with E-state index in [9.17, 15) is 0 Å². The number of anilines is 2. The lowest BCUT2D eigenvalue weighted by atomic mass is 9.91. The van der Waals surface area contributed by atoms with E-state index in [-0.39, 0.29) is 6.04 Å². The van der Waals surface area contributed by atoms with Crippen LogP contribution in [0.15, 0.2) is 212 Å². The zero-order valence-electron chi connectivity index (χ0n) is 34.6. The molecule has 13 rings (SSSR count). The predicted octanol–water partition coefficient (Wildman–Crippen LogP) is 14.8. The van der Waals surface area contributed by atoms with Crippen molar-refractivity contribution in [3.63, 3.8) is 0 Å². The molecule has 0 saturated carbocycles. The van der Waals surface area contributed by atoms with E-state index in [1.165, 1.54) is 60.9 Å². The fraction of sp³-hybridized carbons (Fsp3) is 0.0678. The average molecular weight is 807 g/mol. The molecule has 0 N–H and O–H groups in total. The summed E-state index contributed by atoms with van der Waals surface area (Å²) in [7, 11) is 0. The van der Waals surface area contributed by atoms with Crippen LogP contribution in [0.1, 0.15) is 29.2 Å². The molecule has 0 amide bonds. The van der Waals surface area contributed by atoms with E-state index in [4.69, 9.17) is 4.98 Å². The van der Waals surface area contributed by atoms with Gasteiger partial charge < -0.3 is 14.0 Å². The standard InChI is InChI=1S/C59H42N4/c1-7-28-54-46(22-1)47-23-2-8-29-55(47)61(54)43-19-13-16-39(34-43)42-37-52(40-17-14-20-44(35-40)62-56-30-9-3-24-48(56)49-25-4-10-31-57(49)62)60-53(38-42)41-18-15-21-45(36-41)63-58-32-11-5-26-50(58)51-27-6-12-33-59(51)63/h1-7,9-28,30-38,48,56H,8,29H2. The Bertz CT molecular complexity index is 3500. The van der Waals surface area contributed by atoms with Crippen LogP contribution in [0.5, 0.6) is 0 Å². The number of para-hydroxylation sites is 4. The molecule has 2 atom stereocenters. The maximum Gasteiger partial charge on any atom is 0.0716 e. The molecule has 63 heavy (non-hydrogen) atoms. The summed E-state index contributed by atoms with van der Waals surface area (Å²) in [5, 5.41) is 3.80. The first-order valence-corrected chi connectivity index (χ1v) is 22.1. The number of allylic oxidation sites excluding steroid dienone is 3. The van der Waals surface area contributed by atoms with Crippen molar-refractivity contribution in [1.29, 1.82) is 0 Å². The summed E-state index contributed by atoms with van der Waals surface area (Å²) in [6.45, 7) is 0. The number of pyridine rings is 1. The lowest BCUT2D eigenvalue weighted by molar-refractivity contribution is 0.745. The lowest BCUT2D eigenvalue weighted by Gasteiger charge is -2.29. The molecule has 2 aliphatic carbocycles. The van der Waals surface area contributed by atoms with Gasteiger partial charge in [-0.15, -0.1) is 0 Å². The van der Waals surface area contributed by atoms with Gasteiger partial charge in [0.15, 0.2) is 0 Å². The van der Waals surface area contributed by atoms with Gasteiger partial charge in [0, 0.05) is 67.2 Å². The minimum absolute atomic E-state index is 0.217. The predicted molar refractivity (Wildman–Crippen MR) is 262 cm³/mol. The van der Waals surface area contributed by atoms with Crippen molar-refractivity contribution >= 4 is 50.2 Å². The maximum absolute atomic E-state index is 5.55. The highest BCUT2D eigenvalue weighted by atomic mass is 15.2. The lowest BCUT2D eigenvalue weighted by Crippen LogP contribution is -2.28. The molecule has 1 aliphatic heterocycles. The van der Waals surface area contributed by atoms with Crippen molar-refractivity contribution < 1.29 is 0 Å². The number of nitrogens with zero attached hydrogens (tertiary/aromatic N) is 4. The first kappa shape index (κ1) is 35.8. The van der Waals surface area contributed by atoms with Crippen LogP contribution in [-0.4, -0.2) is 20.2 Å². The van der Waals surface area contributed by atoms with E-state index >= 15 is 0 Å². The fourth-order valence-corrected chi connectivity index (χ4v) is 10.7. The molecule has 298 valence electrons. The summed E-state index contributed by atoms with van der Waals surface area (Å²) in [6, 6.07) is 66.8. The molecule has 2 unspecified atom stereocenters. The molecule has 0 spiro atoms. The zero-order chi connectivity index (χ0) is 41.4. The number of rotatable bonds is 6. The second-order valence-corrected chi connectivity index (χ2v) is 17.0. The van der Waals surface area contributed by atoms with Crippen molar-refractivity contribution in [1.82, 2.24) is 14.1 Å². The number of aromatic nitrogens is 3. The van der Waals surface area contributed by atoms with Crippen molar-refractivity contribution in [2.75, 3.05) is 4.90 Å². The Morgan fingerprint density at radius 1 is 0.460 bits per heavy atom. The van der Waals surface area contributed by atoms with Crippen LogP contribution in [0.25, 0.3) is 83.8 Å². The van der Waals surface area contributed by atoms with E-state index in [0.717, 1.165) is 57.9 Å². The van der Waals surface area contributed by atoms with Gasteiger partial charge in [0.2, 0.25) is 0 Å². The summed E-state index contributed by atoms with van der Waals surface area (Å²) in [6.07, 6.45) is 15.7. The summed E-state index contributed by atoms with van der Waals surface area (Å²) in [4.78, 5) is 8.05. The van der Waals surface area contributed by atoms with Crippen LogP contribution in [0, 0.1) is 0 Å². The second kappa shape index (κ2) is 14.3. The minimum atomic E-state index is 0.217. The van der Waals surface area contributed by atoms with Crippen molar-refractivity contribution in [3.05, 3.63) is 229 Å². The van der Waals surface area contributed by atoms with Crippen LogP contribution in [0.4, 0.5) is 11.4 Å².